The topological polar surface area (TPSA) is 75.6 Å². The first-order valence-corrected chi connectivity index (χ1v) is 12.8. The van der Waals surface area contributed by atoms with Gasteiger partial charge in [0, 0.05) is 31.7 Å². The van der Waals surface area contributed by atoms with Crippen molar-refractivity contribution in [1.29, 1.82) is 0 Å². The summed E-state index contributed by atoms with van der Waals surface area (Å²) in [5.74, 6) is 1.57. The van der Waals surface area contributed by atoms with E-state index in [1.54, 1.807) is 16.4 Å². The number of ether oxygens (including phenoxy) is 1. The number of piperazine rings is 1. The van der Waals surface area contributed by atoms with E-state index in [-0.39, 0.29) is 0 Å². The van der Waals surface area contributed by atoms with Gasteiger partial charge in [-0.25, -0.2) is 8.42 Å². The molecule has 1 fully saturated rings. The van der Waals surface area contributed by atoms with Gasteiger partial charge in [-0.3, -0.25) is 0 Å². The van der Waals surface area contributed by atoms with Gasteiger partial charge in [-0.1, -0.05) is 30.3 Å². The Balaban J connectivity index is 1.25. The summed E-state index contributed by atoms with van der Waals surface area (Å²) in [5, 5.41) is 10.7. The molecule has 0 spiro atoms. The SMILES string of the molecule is CCOc1ccc(-c2ccc(N3CCN(S(=O)(=O)c4ccc5ccccc5c4)CC3)nn2)cc1. The molecule has 0 atom stereocenters. The van der Waals surface area contributed by atoms with E-state index in [0.29, 0.717) is 37.7 Å². The number of fused-ring (bicyclic) bond motifs is 1. The van der Waals surface area contributed by atoms with Crippen molar-refractivity contribution in [3.05, 3.63) is 78.9 Å². The van der Waals surface area contributed by atoms with Gasteiger partial charge >= 0.3 is 0 Å². The van der Waals surface area contributed by atoms with Gasteiger partial charge in [0.15, 0.2) is 5.82 Å². The van der Waals surface area contributed by atoms with Crippen LogP contribution in [0.15, 0.2) is 83.8 Å². The first-order valence-electron chi connectivity index (χ1n) is 11.4. The molecule has 174 valence electrons. The molecule has 0 aliphatic carbocycles. The largest absolute Gasteiger partial charge is 0.494 e. The Morgan fingerprint density at radius 1 is 0.824 bits per heavy atom. The second kappa shape index (κ2) is 9.40. The van der Waals surface area contributed by atoms with Crippen LogP contribution in [-0.4, -0.2) is 55.7 Å². The van der Waals surface area contributed by atoms with Crippen LogP contribution >= 0.6 is 0 Å². The molecular formula is C26H26N4O3S. The van der Waals surface area contributed by atoms with Gasteiger partial charge in [0.05, 0.1) is 17.2 Å². The maximum absolute atomic E-state index is 13.2. The molecule has 1 aliphatic rings. The Labute approximate surface area is 199 Å². The lowest BCUT2D eigenvalue weighted by Crippen LogP contribution is -2.49. The Kier molecular flexibility index (Phi) is 6.17. The molecule has 5 rings (SSSR count). The highest BCUT2D eigenvalue weighted by atomic mass is 32.2. The van der Waals surface area contributed by atoms with E-state index in [1.165, 1.54) is 0 Å². The zero-order valence-electron chi connectivity index (χ0n) is 19.0. The molecule has 34 heavy (non-hydrogen) atoms. The van der Waals surface area contributed by atoms with Gasteiger partial charge < -0.3 is 9.64 Å². The van der Waals surface area contributed by atoms with Crippen molar-refractivity contribution >= 4 is 26.6 Å². The molecule has 0 amide bonds. The predicted octanol–water partition coefficient (Wildman–Crippen LogP) is 4.21. The van der Waals surface area contributed by atoms with Crippen molar-refractivity contribution < 1.29 is 13.2 Å². The molecule has 1 aliphatic heterocycles. The molecule has 4 aromatic rings. The van der Waals surface area contributed by atoms with E-state index in [1.807, 2.05) is 73.7 Å². The highest BCUT2D eigenvalue weighted by Gasteiger charge is 2.29. The lowest BCUT2D eigenvalue weighted by atomic mass is 10.1. The Morgan fingerprint density at radius 3 is 2.24 bits per heavy atom. The first kappa shape index (κ1) is 22.3. The molecule has 0 unspecified atom stereocenters. The lowest BCUT2D eigenvalue weighted by molar-refractivity contribution is 0.340. The number of anilines is 1. The van der Waals surface area contributed by atoms with Crippen molar-refractivity contribution in [2.45, 2.75) is 11.8 Å². The molecular weight excluding hydrogens is 448 g/mol. The molecule has 0 radical (unpaired) electrons. The second-order valence-electron chi connectivity index (χ2n) is 8.13. The minimum atomic E-state index is -3.55. The van der Waals surface area contributed by atoms with Gasteiger partial charge in [0.25, 0.3) is 0 Å². The number of hydrogen-bond acceptors (Lipinski definition) is 6. The highest BCUT2D eigenvalue weighted by Crippen LogP contribution is 2.25. The van der Waals surface area contributed by atoms with Crippen LogP contribution in [0, 0.1) is 0 Å². The predicted molar refractivity (Wildman–Crippen MR) is 134 cm³/mol. The number of aromatic nitrogens is 2. The fourth-order valence-electron chi connectivity index (χ4n) is 4.17. The van der Waals surface area contributed by atoms with Crippen LogP contribution in [0.5, 0.6) is 5.75 Å². The van der Waals surface area contributed by atoms with E-state index >= 15 is 0 Å². The third-order valence-corrected chi connectivity index (χ3v) is 7.93. The number of rotatable bonds is 6. The molecule has 3 aromatic carbocycles. The average molecular weight is 475 g/mol. The van der Waals surface area contributed by atoms with Crippen LogP contribution in [0.3, 0.4) is 0 Å². The Hall–Kier alpha value is -3.49. The second-order valence-corrected chi connectivity index (χ2v) is 10.1. The monoisotopic (exact) mass is 474 g/mol. The van der Waals surface area contributed by atoms with E-state index in [9.17, 15) is 8.42 Å². The molecule has 0 bridgehead atoms. The third-order valence-electron chi connectivity index (χ3n) is 6.03. The lowest BCUT2D eigenvalue weighted by Gasteiger charge is -2.34. The fourth-order valence-corrected chi connectivity index (χ4v) is 5.63. The maximum atomic E-state index is 13.2. The van der Waals surface area contributed by atoms with Gasteiger partial charge in [-0.15, -0.1) is 10.2 Å². The van der Waals surface area contributed by atoms with Gasteiger partial charge in [0.1, 0.15) is 5.75 Å². The van der Waals surface area contributed by atoms with Crippen molar-refractivity contribution in [1.82, 2.24) is 14.5 Å². The molecule has 0 N–H and O–H groups in total. The van der Waals surface area contributed by atoms with Crippen LogP contribution in [0.4, 0.5) is 5.82 Å². The van der Waals surface area contributed by atoms with Crippen LogP contribution in [-0.2, 0) is 10.0 Å². The van der Waals surface area contributed by atoms with Crippen LogP contribution in [0.1, 0.15) is 6.92 Å². The van der Waals surface area contributed by atoms with Crippen molar-refractivity contribution in [3.63, 3.8) is 0 Å². The van der Waals surface area contributed by atoms with E-state index in [4.69, 9.17) is 4.74 Å². The van der Waals surface area contributed by atoms with Crippen LogP contribution in [0.25, 0.3) is 22.0 Å². The number of hydrogen-bond donors (Lipinski definition) is 0. The molecule has 0 saturated carbocycles. The zero-order chi connectivity index (χ0) is 23.5. The zero-order valence-corrected chi connectivity index (χ0v) is 19.8. The van der Waals surface area contributed by atoms with Crippen LogP contribution < -0.4 is 9.64 Å². The summed E-state index contributed by atoms with van der Waals surface area (Å²) >= 11 is 0. The summed E-state index contributed by atoms with van der Waals surface area (Å²) in [4.78, 5) is 2.40. The summed E-state index contributed by atoms with van der Waals surface area (Å²) < 4.78 is 33.5. The van der Waals surface area contributed by atoms with Crippen LogP contribution in [0.2, 0.25) is 0 Å². The molecule has 2 heterocycles. The van der Waals surface area contributed by atoms with Gasteiger partial charge in [0.2, 0.25) is 10.0 Å². The third kappa shape index (κ3) is 4.47. The Bertz CT molecular complexity index is 1380. The van der Waals surface area contributed by atoms with Gasteiger partial charge in [-0.2, -0.15) is 4.31 Å². The standard InChI is InChI=1S/C26H26N4O3S/c1-2-33-23-10-7-21(8-11-23)25-13-14-26(28-27-25)29-15-17-30(18-16-29)34(31,32)24-12-9-20-5-3-4-6-22(20)19-24/h3-14,19H,2,15-18H2,1H3. The normalized spacial score (nSPS) is 14.9. The van der Waals surface area contributed by atoms with Crippen molar-refractivity contribution in [3.8, 4) is 17.0 Å². The number of sulfonamides is 1. The first-order chi connectivity index (χ1) is 16.5. The quantitative estimate of drug-likeness (QED) is 0.417. The summed E-state index contributed by atoms with van der Waals surface area (Å²) in [6.07, 6.45) is 0. The van der Waals surface area contributed by atoms with Gasteiger partial charge in [-0.05, 0) is 66.2 Å². The van der Waals surface area contributed by atoms with E-state index in [0.717, 1.165) is 33.6 Å². The minimum Gasteiger partial charge on any atom is -0.494 e. The summed E-state index contributed by atoms with van der Waals surface area (Å²) in [7, 11) is -3.55. The average Bonchev–Trinajstić information content (AvgIpc) is 2.89. The fraction of sp³-hybridized carbons (Fsp3) is 0.231. The molecule has 1 aromatic heterocycles. The highest BCUT2D eigenvalue weighted by molar-refractivity contribution is 7.89. The van der Waals surface area contributed by atoms with E-state index in [2.05, 4.69) is 15.1 Å². The summed E-state index contributed by atoms with van der Waals surface area (Å²) in [6, 6.07) is 24.7. The maximum Gasteiger partial charge on any atom is 0.243 e. The summed E-state index contributed by atoms with van der Waals surface area (Å²) in [5.41, 5.74) is 1.75. The van der Waals surface area contributed by atoms with E-state index < -0.39 is 10.0 Å². The Morgan fingerprint density at radius 2 is 1.56 bits per heavy atom. The number of benzene rings is 3. The molecule has 7 nitrogen and oxygen atoms in total. The molecule has 1 saturated heterocycles. The molecule has 8 heteroatoms. The smallest absolute Gasteiger partial charge is 0.243 e. The summed E-state index contributed by atoms with van der Waals surface area (Å²) in [6.45, 7) is 4.50. The van der Waals surface area contributed by atoms with Crippen molar-refractivity contribution in [2.24, 2.45) is 0 Å². The number of nitrogens with zero attached hydrogens (tertiary/aromatic N) is 4. The minimum absolute atomic E-state index is 0.333. The van der Waals surface area contributed by atoms with Crippen molar-refractivity contribution in [2.75, 3.05) is 37.7 Å².